The Hall–Kier alpha value is -0.610. The highest BCUT2D eigenvalue weighted by Gasteiger charge is 2.44. The van der Waals surface area contributed by atoms with Crippen molar-refractivity contribution in [1.82, 2.24) is 5.32 Å². The van der Waals surface area contributed by atoms with Crippen molar-refractivity contribution in [3.05, 3.63) is 32.9 Å². The van der Waals surface area contributed by atoms with E-state index in [1.807, 2.05) is 0 Å². The van der Waals surface area contributed by atoms with Crippen molar-refractivity contribution in [2.24, 2.45) is 5.92 Å². The van der Waals surface area contributed by atoms with Gasteiger partial charge in [-0.1, -0.05) is 22.5 Å². The molecular formula is C12H14BrNOS. The van der Waals surface area contributed by atoms with Crippen LogP contribution in [0.4, 0.5) is 0 Å². The highest BCUT2D eigenvalue weighted by Crippen LogP contribution is 2.49. The van der Waals surface area contributed by atoms with Crippen LogP contribution in [-0.4, -0.2) is 12.5 Å². The average molecular weight is 300 g/mol. The zero-order chi connectivity index (χ0) is 11.7. The highest BCUT2D eigenvalue weighted by molar-refractivity contribution is 9.11. The summed E-state index contributed by atoms with van der Waals surface area (Å²) in [5.74, 6) is 0.767. The van der Waals surface area contributed by atoms with E-state index in [1.165, 1.54) is 9.75 Å². The fraction of sp³-hybridized carbons (Fsp3) is 0.417. The lowest BCUT2D eigenvalue weighted by atomic mass is 10.2. The molecule has 0 saturated heterocycles. The Morgan fingerprint density at radius 2 is 2.44 bits per heavy atom. The first-order valence-electron chi connectivity index (χ1n) is 5.25. The number of rotatable bonds is 4. The molecule has 0 aliphatic heterocycles. The van der Waals surface area contributed by atoms with Gasteiger partial charge < -0.3 is 5.32 Å². The predicted octanol–water partition coefficient (Wildman–Crippen LogP) is 3.18. The largest absolute Gasteiger partial charge is 0.351 e. The molecule has 1 aromatic rings. The second kappa shape index (κ2) is 4.72. The average Bonchev–Trinajstić information content (AvgIpc) is 2.92. The van der Waals surface area contributed by atoms with Crippen molar-refractivity contribution in [2.75, 3.05) is 6.54 Å². The van der Waals surface area contributed by atoms with E-state index in [1.54, 1.807) is 11.3 Å². The SMILES string of the molecule is C=C(Br)CNC(=O)C1CC1c1ccc(C)s1. The number of aryl methyl sites for hydroxylation is 1. The third-order valence-corrected chi connectivity index (χ3v) is 4.12. The molecule has 1 fully saturated rings. The van der Waals surface area contributed by atoms with E-state index in [4.69, 9.17) is 0 Å². The molecule has 0 radical (unpaired) electrons. The molecule has 2 atom stereocenters. The Morgan fingerprint density at radius 3 is 3.00 bits per heavy atom. The molecule has 2 unspecified atom stereocenters. The van der Waals surface area contributed by atoms with Gasteiger partial charge >= 0.3 is 0 Å². The summed E-state index contributed by atoms with van der Waals surface area (Å²) in [6.45, 7) is 6.31. The third-order valence-electron chi connectivity index (χ3n) is 2.71. The fourth-order valence-electron chi connectivity index (χ4n) is 1.77. The first kappa shape index (κ1) is 11.9. The molecule has 1 aliphatic carbocycles. The first-order chi connectivity index (χ1) is 7.58. The topological polar surface area (TPSA) is 29.1 Å². The summed E-state index contributed by atoms with van der Waals surface area (Å²) in [5, 5.41) is 2.87. The van der Waals surface area contributed by atoms with Crippen LogP contribution < -0.4 is 5.32 Å². The number of carbonyl (C=O) groups is 1. The number of carbonyl (C=O) groups excluding carboxylic acids is 1. The van der Waals surface area contributed by atoms with E-state index in [2.05, 4.69) is 46.9 Å². The van der Waals surface area contributed by atoms with Crippen LogP contribution in [0.25, 0.3) is 0 Å². The van der Waals surface area contributed by atoms with E-state index in [0.717, 1.165) is 10.9 Å². The summed E-state index contributed by atoms with van der Waals surface area (Å²) < 4.78 is 0.810. The molecule has 16 heavy (non-hydrogen) atoms. The van der Waals surface area contributed by atoms with Crippen LogP contribution in [0.3, 0.4) is 0 Å². The van der Waals surface area contributed by atoms with Crippen LogP contribution in [0.1, 0.15) is 22.1 Å². The van der Waals surface area contributed by atoms with Crippen LogP contribution in [0.2, 0.25) is 0 Å². The molecule has 1 heterocycles. The molecule has 0 spiro atoms. The van der Waals surface area contributed by atoms with Gasteiger partial charge in [-0.15, -0.1) is 11.3 Å². The summed E-state index contributed by atoms with van der Waals surface area (Å²) >= 11 is 5.03. The smallest absolute Gasteiger partial charge is 0.224 e. The van der Waals surface area contributed by atoms with Gasteiger partial charge in [0.15, 0.2) is 0 Å². The molecule has 1 N–H and O–H groups in total. The van der Waals surface area contributed by atoms with E-state index < -0.39 is 0 Å². The van der Waals surface area contributed by atoms with E-state index >= 15 is 0 Å². The molecule has 0 aromatic carbocycles. The first-order valence-corrected chi connectivity index (χ1v) is 6.86. The van der Waals surface area contributed by atoms with Crippen molar-refractivity contribution in [3.63, 3.8) is 0 Å². The fourth-order valence-corrected chi connectivity index (χ4v) is 2.96. The number of hydrogen-bond acceptors (Lipinski definition) is 2. The Bertz CT molecular complexity index is 426. The van der Waals surface area contributed by atoms with Gasteiger partial charge in [-0.25, -0.2) is 0 Å². The van der Waals surface area contributed by atoms with Crippen LogP contribution in [-0.2, 0) is 4.79 Å². The summed E-state index contributed by atoms with van der Waals surface area (Å²) in [4.78, 5) is 14.4. The maximum Gasteiger partial charge on any atom is 0.224 e. The van der Waals surface area contributed by atoms with Crippen LogP contribution in [0.15, 0.2) is 23.2 Å². The molecular weight excluding hydrogens is 286 g/mol. The van der Waals surface area contributed by atoms with E-state index in [9.17, 15) is 4.79 Å². The van der Waals surface area contributed by atoms with Gasteiger partial charge in [0.25, 0.3) is 0 Å². The number of halogens is 1. The van der Waals surface area contributed by atoms with Gasteiger partial charge in [0.05, 0.1) is 0 Å². The quantitative estimate of drug-likeness (QED) is 0.909. The van der Waals surface area contributed by atoms with Gasteiger partial charge in [0.1, 0.15) is 0 Å². The Kier molecular flexibility index (Phi) is 3.50. The molecule has 1 aromatic heterocycles. The lowest BCUT2D eigenvalue weighted by Gasteiger charge is -2.02. The van der Waals surface area contributed by atoms with Crippen LogP contribution in [0, 0.1) is 12.8 Å². The van der Waals surface area contributed by atoms with Crippen molar-refractivity contribution in [3.8, 4) is 0 Å². The third kappa shape index (κ3) is 2.74. The monoisotopic (exact) mass is 299 g/mol. The predicted molar refractivity (Wildman–Crippen MR) is 71.0 cm³/mol. The summed E-state index contributed by atoms with van der Waals surface area (Å²) in [6.07, 6.45) is 0.987. The summed E-state index contributed by atoms with van der Waals surface area (Å²) in [6, 6.07) is 4.26. The molecule has 0 bridgehead atoms. The standard InChI is InChI=1S/C12H14BrNOS/c1-7(13)6-14-12(15)10-5-9(10)11-4-3-8(2)16-11/h3-4,9-10H,1,5-6H2,2H3,(H,14,15). The Labute approximate surface area is 108 Å². The maximum absolute atomic E-state index is 11.7. The van der Waals surface area contributed by atoms with Crippen molar-refractivity contribution >= 4 is 33.2 Å². The second-order valence-electron chi connectivity index (χ2n) is 4.13. The van der Waals surface area contributed by atoms with Crippen LogP contribution in [0.5, 0.6) is 0 Å². The summed E-state index contributed by atoms with van der Waals surface area (Å²) in [7, 11) is 0. The van der Waals surface area contributed by atoms with Crippen LogP contribution >= 0.6 is 27.3 Å². The summed E-state index contributed by atoms with van der Waals surface area (Å²) in [5.41, 5.74) is 0. The van der Waals surface area contributed by atoms with Gasteiger partial charge in [-0.2, -0.15) is 0 Å². The molecule has 2 nitrogen and oxygen atoms in total. The Balaban J connectivity index is 1.86. The molecule has 1 saturated carbocycles. The van der Waals surface area contributed by atoms with E-state index in [-0.39, 0.29) is 11.8 Å². The Morgan fingerprint density at radius 1 is 1.69 bits per heavy atom. The van der Waals surface area contributed by atoms with Gasteiger partial charge in [-0.3, -0.25) is 4.79 Å². The molecule has 1 aliphatic rings. The zero-order valence-electron chi connectivity index (χ0n) is 9.13. The molecule has 4 heteroatoms. The van der Waals surface area contributed by atoms with Crippen molar-refractivity contribution in [2.45, 2.75) is 19.3 Å². The second-order valence-corrected chi connectivity index (χ2v) is 6.57. The lowest BCUT2D eigenvalue weighted by molar-refractivity contribution is -0.122. The van der Waals surface area contributed by atoms with Gasteiger partial charge in [0, 0.05) is 32.6 Å². The normalized spacial score (nSPS) is 22.9. The number of nitrogens with one attached hydrogen (secondary N) is 1. The minimum absolute atomic E-state index is 0.150. The zero-order valence-corrected chi connectivity index (χ0v) is 11.5. The molecule has 86 valence electrons. The lowest BCUT2D eigenvalue weighted by Crippen LogP contribution is -2.26. The number of thiophene rings is 1. The molecule has 2 rings (SSSR count). The van der Waals surface area contributed by atoms with Crippen molar-refractivity contribution in [1.29, 1.82) is 0 Å². The minimum atomic E-state index is 0.150. The maximum atomic E-state index is 11.7. The van der Waals surface area contributed by atoms with Gasteiger partial charge in [-0.05, 0) is 25.5 Å². The number of amides is 1. The highest BCUT2D eigenvalue weighted by atomic mass is 79.9. The minimum Gasteiger partial charge on any atom is -0.351 e. The van der Waals surface area contributed by atoms with Crippen molar-refractivity contribution < 1.29 is 4.79 Å². The number of hydrogen-bond donors (Lipinski definition) is 1. The molecule has 1 amide bonds. The van der Waals surface area contributed by atoms with Gasteiger partial charge in [0.2, 0.25) is 5.91 Å². The van der Waals surface area contributed by atoms with E-state index in [0.29, 0.717) is 12.5 Å².